The van der Waals surface area contributed by atoms with Gasteiger partial charge in [-0.2, -0.15) is 0 Å². The molecule has 0 saturated heterocycles. The Kier molecular flexibility index (Phi) is 3.84. The molecular weight excluding hydrogens is 239 g/mol. The second-order valence-electron chi connectivity index (χ2n) is 4.91. The summed E-state index contributed by atoms with van der Waals surface area (Å²) in [6.45, 7) is 4.64. The van der Waals surface area contributed by atoms with Crippen LogP contribution in [-0.2, 0) is 11.2 Å². The van der Waals surface area contributed by atoms with Crippen molar-refractivity contribution in [2.45, 2.75) is 27.2 Å². The zero-order chi connectivity index (χ0) is 14.1. The minimum Gasteiger partial charge on any atom is -0.504 e. The van der Waals surface area contributed by atoms with E-state index in [4.69, 9.17) is 9.84 Å². The van der Waals surface area contributed by atoms with Crippen molar-refractivity contribution >= 4 is 5.97 Å². The number of carboxylic acids is 1. The third-order valence-electron chi connectivity index (χ3n) is 2.88. The van der Waals surface area contributed by atoms with Crippen molar-refractivity contribution in [3.05, 3.63) is 23.0 Å². The van der Waals surface area contributed by atoms with Gasteiger partial charge in [-0.15, -0.1) is 0 Å². The fourth-order valence-corrected chi connectivity index (χ4v) is 1.69. The van der Waals surface area contributed by atoms with Crippen molar-refractivity contribution < 1.29 is 24.1 Å². The summed E-state index contributed by atoms with van der Waals surface area (Å²) in [6.07, 6.45) is 0.0195. The van der Waals surface area contributed by atoms with Crippen LogP contribution in [0.3, 0.4) is 0 Å². The fraction of sp³-hybridized carbons (Fsp3) is 0.462. The number of hydrogen-bond donors (Lipinski definition) is 2. The normalized spacial score (nSPS) is 11.4. The van der Waals surface area contributed by atoms with Crippen molar-refractivity contribution in [2.24, 2.45) is 5.41 Å². The summed E-state index contributed by atoms with van der Waals surface area (Å²) in [5.41, 5.74) is -0.422. The largest absolute Gasteiger partial charge is 0.504 e. The maximum Gasteiger partial charge on any atom is 0.309 e. The molecule has 0 bridgehead atoms. The SMILES string of the molecule is COc1c(O)c(C)cc(CC(C)(C)C(=O)O)c1F. The molecule has 0 aromatic heterocycles. The molecule has 0 unspecified atom stereocenters. The van der Waals surface area contributed by atoms with Gasteiger partial charge in [0.1, 0.15) is 0 Å². The van der Waals surface area contributed by atoms with Crippen LogP contribution in [0.25, 0.3) is 0 Å². The summed E-state index contributed by atoms with van der Waals surface area (Å²) in [5, 5.41) is 18.7. The zero-order valence-electron chi connectivity index (χ0n) is 10.9. The van der Waals surface area contributed by atoms with Crippen molar-refractivity contribution in [2.75, 3.05) is 7.11 Å². The Bertz CT molecular complexity index is 480. The van der Waals surface area contributed by atoms with Gasteiger partial charge in [0.25, 0.3) is 0 Å². The van der Waals surface area contributed by atoms with Gasteiger partial charge >= 0.3 is 5.97 Å². The van der Waals surface area contributed by atoms with Gasteiger partial charge in [-0.25, -0.2) is 4.39 Å². The Hall–Kier alpha value is -1.78. The second kappa shape index (κ2) is 4.84. The van der Waals surface area contributed by atoms with Crippen molar-refractivity contribution in [3.8, 4) is 11.5 Å². The molecule has 100 valence electrons. The Morgan fingerprint density at radius 2 is 2.06 bits per heavy atom. The lowest BCUT2D eigenvalue weighted by atomic mass is 9.85. The Morgan fingerprint density at radius 3 is 2.50 bits per heavy atom. The lowest BCUT2D eigenvalue weighted by Gasteiger charge is -2.20. The zero-order valence-corrected chi connectivity index (χ0v) is 10.9. The Morgan fingerprint density at radius 1 is 1.50 bits per heavy atom. The number of aliphatic carboxylic acids is 1. The molecule has 1 aromatic rings. The number of methoxy groups -OCH3 is 1. The Labute approximate surface area is 105 Å². The van der Waals surface area contributed by atoms with Gasteiger partial charge in [0.2, 0.25) is 0 Å². The number of carbonyl (C=O) groups is 1. The van der Waals surface area contributed by atoms with E-state index in [-0.39, 0.29) is 23.5 Å². The van der Waals surface area contributed by atoms with Crippen LogP contribution in [0.5, 0.6) is 11.5 Å². The number of phenols is 1. The number of phenolic OH excluding ortho intramolecular Hbond substituents is 1. The van der Waals surface area contributed by atoms with Crippen LogP contribution in [0, 0.1) is 18.2 Å². The highest BCUT2D eigenvalue weighted by Gasteiger charge is 2.30. The van der Waals surface area contributed by atoms with Crippen LogP contribution in [0.15, 0.2) is 6.07 Å². The van der Waals surface area contributed by atoms with Gasteiger partial charge in [0, 0.05) is 0 Å². The fourth-order valence-electron chi connectivity index (χ4n) is 1.69. The van der Waals surface area contributed by atoms with Gasteiger partial charge in [-0.3, -0.25) is 4.79 Å². The lowest BCUT2D eigenvalue weighted by Crippen LogP contribution is -2.26. The number of rotatable bonds is 4. The smallest absolute Gasteiger partial charge is 0.309 e. The van der Waals surface area contributed by atoms with E-state index in [1.807, 2.05) is 0 Å². The molecule has 18 heavy (non-hydrogen) atoms. The standard InChI is InChI=1S/C13H17FO4/c1-7-5-8(6-13(2,3)12(16)17)9(14)11(18-4)10(7)15/h5,15H,6H2,1-4H3,(H,16,17). The van der Waals surface area contributed by atoms with E-state index in [1.165, 1.54) is 27.0 Å². The van der Waals surface area contributed by atoms with E-state index in [1.54, 1.807) is 6.92 Å². The second-order valence-corrected chi connectivity index (χ2v) is 4.91. The highest BCUT2D eigenvalue weighted by atomic mass is 19.1. The summed E-state index contributed by atoms with van der Waals surface area (Å²) >= 11 is 0. The number of aromatic hydroxyl groups is 1. The quantitative estimate of drug-likeness (QED) is 0.868. The van der Waals surface area contributed by atoms with Gasteiger partial charge in [0.15, 0.2) is 17.3 Å². The van der Waals surface area contributed by atoms with Gasteiger partial charge in [0.05, 0.1) is 12.5 Å². The summed E-state index contributed by atoms with van der Waals surface area (Å²) < 4.78 is 18.8. The molecular formula is C13H17FO4. The van der Waals surface area contributed by atoms with E-state index in [2.05, 4.69) is 0 Å². The molecule has 0 aliphatic heterocycles. The summed E-state index contributed by atoms with van der Waals surface area (Å²) in [6, 6.07) is 1.44. The summed E-state index contributed by atoms with van der Waals surface area (Å²) in [7, 11) is 1.25. The summed E-state index contributed by atoms with van der Waals surface area (Å²) in [4.78, 5) is 11.0. The van der Waals surface area contributed by atoms with Crippen molar-refractivity contribution in [1.29, 1.82) is 0 Å². The van der Waals surface area contributed by atoms with Gasteiger partial charge in [-0.05, 0) is 44.4 Å². The number of benzene rings is 1. The maximum absolute atomic E-state index is 14.0. The predicted molar refractivity (Wildman–Crippen MR) is 64.5 cm³/mol. The maximum atomic E-state index is 14.0. The monoisotopic (exact) mass is 256 g/mol. The molecule has 1 rings (SSSR count). The first-order chi connectivity index (χ1) is 8.20. The topological polar surface area (TPSA) is 66.8 Å². The number of hydrogen-bond acceptors (Lipinski definition) is 3. The van der Waals surface area contributed by atoms with E-state index in [0.29, 0.717) is 5.56 Å². The van der Waals surface area contributed by atoms with Crippen LogP contribution >= 0.6 is 0 Å². The average molecular weight is 256 g/mol. The molecule has 0 heterocycles. The number of aryl methyl sites for hydroxylation is 1. The van der Waals surface area contributed by atoms with Crippen molar-refractivity contribution in [3.63, 3.8) is 0 Å². The molecule has 0 aliphatic carbocycles. The molecule has 0 aliphatic rings. The molecule has 4 nitrogen and oxygen atoms in total. The molecule has 0 saturated carbocycles. The number of ether oxygens (including phenoxy) is 1. The minimum absolute atomic E-state index is 0.0195. The molecule has 5 heteroatoms. The molecule has 0 fully saturated rings. The minimum atomic E-state index is -1.09. The molecule has 1 aromatic carbocycles. The van der Waals surface area contributed by atoms with Crippen LogP contribution < -0.4 is 4.74 Å². The third kappa shape index (κ3) is 2.55. The first kappa shape index (κ1) is 14.3. The molecule has 2 N–H and O–H groups in total. The van der Waals surface area contributed by atoms with Crippen LogP contribution in [0.4, 0.5) is 4.39 Å². The lowest BCUT2D eigenvalue weighted by molar-refractivity contribution is -0.146. The first-order valence-corrected chi connectivity index (χ1v) is 5.49. The molecule has 0 spiro atoms. The van der Waals surface area contributed by atoms with Crippen molar-refractivity contribution in [1.82, 2.24) is 0 Å². The average Bonchev–Trinajstić information content (AvgIpc) is 2.26. The van der Waals surface area contributed by atoms with Crippen LogP contribution in [-0.4, -0.2) is 23.3 Å². The van der Waals surface area contributed by atoms with Crippen LogP contribution in [0.2, 0.25) is 0 Å². The predicted octanol–water partition coefficient (Wildman–Crippen LogP) is 2.50. The van der Waals surface area contributed by atoms with E-state index in [0.717, 1.165) is 0 Å². The van der Waals surface area contributed by atoms with E-state index in [9.17, 15) is 14.3 Å². The molecule has 0 amide bonds. The number of halogens is 1. The van der Waals surface area contributed by atoms with E-state index >= 15 is 0 Å². The summed E-state index contributed by atoms with van der Waals surface area (Å²) in [5.74, 6) is -2.22. The van der Waals surface area contributed by atoms with Gasteiger partial charge in [-0.1, -0.05) is 0 Å². The number of carboxylic acid groups (broad SMARTS) is 1. The first-order valence-electron chi connectivity index (χ1n) is 5.49. The Balaban J connectivity index is 3.27. The molecule has 0 atom stereocenters. The van der Waals surface area contributed by atoms with Crippen LogP contribution in [0.1, 0.15) is 25.0 Å². The molecule has 0 radical (unpaired) electrons. The van der Waals surface area contributed by atoms with E-state index < -0.39 is 17.2 Å². The highest BCUT2D eigenvalue weighted by Crippen LogP contribution is 2.36. The highest BCUT2D eigenvalue weighted by molar-refractivity contribution is 5.74. The van der Waals surface area contributed by atoms with Gasteiger partial charge < -0.3 is 14.9 Å². The third-order valence-corrected chi connectivity index (χ3v) is 2.88.